The molecule has 7 heteroatoms. The summed E-state index contributed by atoms with van der Waals surface area (Å²) in [7, 11) is 0. The summed E-state index contributed by atoms with van der Waals surface area (Å²) in [4.78, 5) is 0. The van der Waals surface area contributed by atoms with Crippen LogP contribution in [0.3, 0.4) is 0 Å². The summed E-state index contributed by atoms with van der Waals surface area (Å²) in [6, 6.07) is 12.9. The highest BCUT2D eigenvalue weighted by molar-refractivity contribution is 5.46. The first-order valence-corrected chi connectivity index (χ1v) is 8.57. The Labute approximate surface area is 151 Å². The fraction of sp³-hybridized carbons (Fsp3) is 0.368. The van der Waals surface area contributed by atoms with Crippen molar-refractivity contribution < 1.29 is 28.8 Å². The smallest absolute Gasteiger partial charge is 0.231 e. The average molecular weight is 359 g/mol. The van der Waals surface area contributed by atoms with Gasteiger partial charge in [-0.05, 0) is 24.3 Å². The quantitative estimate of drug-likeness (QED) is 0.777. The van der Waals surface area contributed by atoms with E-state index in [-0.39, 0.29) is 19.5 Å². The van der Waals surface area contributed by atoms with Crippen molar-refractivity contribution in [3.63, 3.8) is 0 Å². The van der Waals surface area contributed by atoms with Crippen molar-refractivity contribution in [3.8, 4) is 28.7 Å². The number of fused-ring (bicyclic) bond motifs is 2. The predicted molar refractivity (Wildman–Crippen MR) is 93.3 cm³/mol. The molecule has 0 saturated heterocycles. The fourth-order valence-corrected chi connectivity index (χ4v) is 2.79. The lowest BCUT2D eigenvalue weighted by atomic mass is 10.2. The summed E-state index contributed by atoms with van der Waals surface area (Å²) in [5.41, 5.74) is 0. The third kappa shape index (κ3) is 3.95. The van der Waals surface area contributed by atoms with Gasteiger partial charge in [0.25, 0.3) is 0 Å². The van der Waals surface area contributed by atoms with Crippen molar-refractivity contribution in [2.75, 3.05) is 33.1 Å². The van der Waals surface area contributed by atoms with Crippen molar-refractivity contribution in [1.29, 1.82) is 0 Å². The van der Waals surface area contributed by atoms with Crippen molar-refractivity contribution in [1.82, 2.24) is 5.32 Å². The minimum Gasteiger partial charge on any atom is -0.491 e. The Balaban J connectivity index is 1.17. The highest BCUT2D eigenvalue weighted by Gasteiger charge is 2.20. The Bertz CT molecular complexity index is 753. The van der Waals surface area contributed by atoms with Crippen molar-refractivity contribution >= 4 is 0 Å². The second-order valence-electron chi connectivity index (χ2n) is 6.14. The predicted octanol–water partition coefficient (Wildman–Crippen LogP) is 1.58. The van der Waals surface area contributed by atoms with Crippen LogP contribution in [-0.2, 0) is 0 Å². The number of rotatable bonds is 7. The summed E-state index contributed by atoms with van der Waals surface area (Å²) in [5.74, 6) is 3.51. The van der Waals surface area contributed by atoms with E-state index in [0.29, 0.717) is 36.9 Å². The molecule has 26 heavy (non-hydrogen) atoms. The van der Waals surface area contributed by atoms with E-state index in [1.54, 1.807) is 18.2 Å². The Kier molecular flexibility index (Phi) is 4.99. The van der Waals surface area contributed by atoms with Crippen LogP contribution >= 0.6 is 0 Å². The molecule has 2 unspecified atom stereocenters. The number of para-hydroxylation sites is 2. The van der Waals surface area contributed by atoms with Crippen LogP contribution in [0.1, 0.15) is 0 Å². The zero-order valence-electron chi connectivity index (χ0n) is 14.2. The number of hydrogen-bond acceptors (Lipinski definition) is 7. The van der Waals surface area contributed by atoms with Gasteiger partial charge in [0.1, 0.15) is 31.2 Å². The van der Waals surface area contributed by atoms with Gasteiger partial charge in [-0.2, -0.15) is 0 Å². The minimum atomic E-state index is -0.641. The number of aliphatic hydroxyl groups is 1. The van der Waals surface area contributed by atoms with E-state index in [1.807, 2.05) is 24.3 Å². The number of hydrogen-bond donors (Lipinski definition) is 2. The molecule has 2 aromatic rings. The van der Waals surface area contributed by atoms with Crippen LogP contribution < -0.4 is 29.0 Å². The molecule has 0 saturated carbocycles. The summed E-state index contributed by atoms with van der Waals surface area (Å²) >= 11 is 0. The van der Waals surface area contributed by atoms with Crippen LogP contribution in [0.2, 0.25) is 0 Å². The number of nitrogens with one attached hydrogen (secondary N) is 1. The maximum absolute atomic E-state index is 10.1. The minimum absolute atomic E-state index is 0.0909. The summed E-state index contributed by atoms with van der Waals surface area (Å²) < 4.78 is 27.7. The standard InChI is InChI=1S/C19H21NO6/c21-13(10-22-14-5-6-17-19(7-14)25-12-24-17)8-20-9-15-11-23-16-3-1-2-4-18(16)26-15/h1-7,13,15,20-21H,8-12H2. The van der Waals surface area contributed by atoms with Crippen LogP contribution in [0.4, 0.5) is 0 Å². The second kappa shape index (κ2) is 7.72. The molecule has 138 valence electrons. The highest BCUT2D eigenvalue weighted by atomic mass is 16.7. The Morgan fingerprint density at radius 1 is 1.04 bits per heavy atom. The molecule has 4 rings (SSSR count). The Morgan fingerprint density at radius 3 is 2.77 bits per heavy atom. The molecule has 0 bridgehead atoms. The third-order valence-corrected chi connectivity index (χ3v) is 4.11. The molecule has 2 heterocycles. The van der Waals surface area contributed by atoms with Gasteiger partial charge in [-0.25, -0.2) is 0 Å². The SMILES string of the molecule is OC(CNCC1COc2ccccc2O1)COc1ccc2c(c1)OCO2. The summed E-state index contributed by atoms with van der Waals surface area (Å²) in [6.45, 7) is 1.86. The molecule has 2 N–H and O–H groups in total. The van der Waals surface area contributed by atoms with Gasteiger partial charge in [-0.15, -0.1) is 0 Å². The summed E-state index contributed by atoms with van der Waals surface area (Å²) in [6.07, 6.45) is -0.732. The van der Waals surface area contributed by atoms with Crippen LogP contribution in [0.5, 0.6) is 28.7 Å². The molecular weight excluding hydrogens is 338 g/mol. The molecule has 2 atom stereocenters. The summed E-state index contributed by atoms with van der Waals surface area (Å²) in [5, 5.41) is 13.3. The van der Waals surface area contributed by atoms with E-state index >= 15 is 0 Å². The van der Waals surface area contributed by atoms with E-state index in [9.17, 15) is 5.11 Å². The van der Waals surface area contributed by atoms with Crippen molar-refractivity contribution in [2.45, 2.75) is 12.2 Å². The molecule has 2 aliphatic rings. The van der Waals surface area contributed by atoms with Gasteiger partial charge in [0.15, 0.2) is 23.0 Å². The molecule has 0 amide bonds. The zero-order chi connectivity index (χ0) is 17.8. The van der Waals surface area contributed by atoms with Gasteiger partial charge < -0.3 is 34.1 Å². The van der Waals surface area contributed by atoms with E-state index in [2.05, 4.69) is 5.32 Å². The normalized spacial score (nSPS) is 18.4. The highest BCUT2D eigenvalue weighted by Crippen LogP contribution is 2.35. The topological polar surface area (TPSA) is 78.4 Å². The fourth-order valence-electron chi connectivity index (χ4n) is 2.79. The second-order valence-corrected chi connectivity index (χ2v) is 6.14. The number of aliphatic hydroxyl groups excluding tert-OH is 1. The zero-order valence-corrected chi connectivity index (χ0v) is 14.2. The third-order valence-electron chi connectivity index (χ3n) is 4.11. The number of benzene rings is 2. The molecule has 0 radical (unpaired) electrons. The van der Waals surface area contributed by atoms with Crippen molar-refractivity contribution in [2.24, 2.45) is 0 Å². The maximum atomic E-state index is 10.1. The van der Waals surface area contributed by atoms with Crippen LogP contribution in [0.25, 0.3) is 0 Å². The lowest BCUT2D eigenvalue weighted by molar-refractivity contribution is 0.0778. The lowest BCUT2D eigenvalue weighted by Crippen LogP contribution is -2.41. The molecular formula is C19H21NO6. The monoisotopic (exact) mass is 359 g/mol. The van der Waals surface area contributed by atoms with E-state index in [4.69, 9.17) is 23.7 Å². The lowest BCUT2D eigenvalue weighted by Gasteiger charge is -2.27. The molecule has 2 aliphatic heterocycles. The Morgan fingerprint density at radius 2 is 1.85 bits per heavy atom. The van der Waals surface area contributed by atoms with Gasteiger partial charge >= 0.3 is 0 Å². The largest absolute Gasteiger partial charge is 0.491 e. The molecule has 2 aromatic carbocycles. The molecule has 0 fully saturated rings. The van der Waals surface area contributed by atoms with E-state index in [1.165, 1.54) is 0 Å². The first-order chi connectivity index (χ1) is 12.8. The van der Waals surface area contributed by atoms with Crippen LogP contribution in [0.15, 0.2) is 42.5 Å². The van der Waals surface area contributed by atoms with Gasteiger partial charge in [0.05, 0.1) is 0 Å². The maximum Gasteiger partial charge on any atom is 0.231 e. The van der Waals surface area contributed by atoms with Gasteiger partial charge in [0, 0.05) is 19.2 Å². The molecule has 0 aliphatic carbocycles. The van der Waals surface area contributed by atoms with Crippen molar-refractivity contribution in [3.05, 3.63) is 42.5 Å². The Hall–Kier alpha value is -2.64. The van der Waals surface area contributed by atoms with Gasteiger partial charge in [-0.1, -0.05) is 12.1 Å². The van der Waals surface area contributed by atoms with Crippen LogP contribution in [-0.4, -0.2) is 50.4 Å². The first-order valence-electron chi connectivity index (χ1n) is 8.57. The van der Waals surface area contributed by atoms with Crippen LogP contribution in [0, 0.1) is 0 Å². The molecule has 0 spiro atoms. The number of ether oxygens (including phenoxy) is 5. The average Bonchev–Trinajstić information content (AvgIpc) is 3.14. The molecule has 7 nitrogen and oxygen atoms in total. The van der Waals surface area contributed by atoms with E-state index in [0.717, 1.165) is 11.5 Å². The van der Waals surface area contributed by atoms with E-state index < -0.39 is 6.10 Å². The van der Waals surface area contributed by atoms with Gasteiger partial charge in [-0.3, -0.25) is 0 Å². The van der Waals surface area contributed by atoms with Gasteiger partial charge in [0.2, 0.25) is 6.79 Å². The first kappa shape index (κ1) is 16.8. The molecule has 0 aromatic heterocycles.